The molecule has 1 amide bonds. The quantitative estimate of drug-likeness (QED) is 0.680. The van der Waals surface area contributed by atoms with Crippen LogP contribution in [-0.2, 0) is 17.8 Å². The molecule has 156 valence electrons. The molecule has 5 nitrogen and oxygen atoms in total. The number of rotatable bonds is 4. The number of carbonyl (C=O) groups is 1. The Hall–Kier alpha value is -1.66. The maximum absolute atomic E-state index is 14.9. The summed E-state index contributed by atoms with van der Waals surface area (Å²) in [6.07, 6.45) is 5.30. The lowest BCUT2D eigenvalue weighted by Crippen LogP contribution is -2.43. The molecule has 0 radical (unpaired) electrons. The minimum Gasteiger partial charge on any atom is -0.348 e. The maximum Gasteiger partial charge on any atom is 0.225 e. The van der Waals surface area contributed by atoms with Crippen molar-refractivity contribution in [3.05, 3.63) is 45.2 Å². The van der Waals surface area contributed by atoms with E-state index in [2.05, 4.69) is 22.4 Å². The van der Waals surface area contributed by atoms with Gasteiger partial charge in [-0.15, -0.1) is 10.2 Å². The summed E-state index contributed by atoms with van der Waals surface area (Å²) < 4.78 is 16.9. The van der Waals surface area contributed by atoms with E-state index in [1.807, 2.05) is 11.5 Å². The van der Waals surface area contributed by atoms with E-state index in [1.54, 1.807) is 0 Å². The third-order valence-corrected chi connectivity index (χ3v) is 7.42. The molecule has 0 spiro atoms. The van der Waals surface area contributed by atoms with Crippen LogP contribution in [0.15, 0.2) is 12.1 Å². The number of aryl methyl sites for hydroxylation is 2. The van der Waals surface area contributed by atoms with Gasteiger partial charge in [-0.25, -0.2) is 4.39 Å². The van der Waals surface area contributed by atoms with Crippen LogP contribution in [0.1, 0.15) is 62.3 Å². The number of carbonyl (C=O) groups excluding carboxylic acids is 1. The van der Waals surface area contributed by atoms with Crippen LogP contribution in [-0.4, -0.2) is 20.7 Å². The Morgan fingerprint density at radius 2 is 2.03 bits per heavy atom. The number of aromatic nitrogens is 3. The Morgan fingerprint density at radius 3 is 2.76 bits per heavy atom. The van der Waals surface area contributed by atoms with E-state index in [0.717, 1.165) is 37.3 Å². The summed E-state index contributed by atoms with van der Waals surface area (Å²) in [6, 6.07) is 2.26. The highest BCUT2D eigenvalue weighted by Gasteiger charge is 2.42. The summed E-state index contributed by atoms with van der Waals surface area (Å²) in [4.78, 5) is 13.3. The van der Waals surface area contributed by atoms with Gasteiger partial charge in [0.2, 0.25) is 5.91 Å². The fourth-order valence-corrected chi connectivity index (χ4v) is 5.24. The molecule has 2 aromatic rings. The third kappa shape index (κ3) is 3.77. The van der Waals surface area contributed by atoms with E-state index in [1.165, 1.54) is 12.1 Å². The Kier molecular flexibility index (Phi) is 5.60. The summed E-state index contributed by atoms with van der Waals surface area (Å²) in [6.45, 7) is 4.53. The van der Waals surface area contributed by atoms with Gasteiger partial charge in [-0.2, -0.15) is 0 Å². The number of hydrogen-bond acceptors (Lipinski definition) is 3. The Morgan fingerprint density at radius 1 is 1.31 bits per heavy atom. The zero-order valence-electron chi connectivity index (χ0n) is 16.6. The molecular weight excluding hydrogens is 414 g/mol. The van der Waals surface area contributed by atoms with E-state index in [9.17, 15) is 9.18 Å². The topological polar surface area (TPSA) is 59.8 Å². The van der Waals surface area contributed by atoms with Crippen LogP contribution in [0.3, 0.4) is 0 Å². The lowest BCUT2D eigenvalue weighted by atomic mass is 9.76. The Bertz CT molecular complexity index is 939. The number of nitrogens with zero attached hydrogens (tertiary/aromatic N) is 3. The second kappa shape index (κ2) is 7.88. The minimum atomic E-state index is -0.521. The lowest BCUT2D eigenvalue weighted by Gasteiger charge is -2.37. The van der Waals surface area contributed by atoms with E-state index in [0.29, 0.717) is 30.0 Å². The molecule has 8 heteroatoms. The van der Waals surface area contributed by atoms with E-state index < -0.39 is 11.9 Å². The lowest BCUT2D eigenvalue weighted by molar-refractivity contribution is -0.127. The molecule has 0 saturated heterocycles. The van der Waals surface area contributed by atoms with Crippen molar-refractivity contribution in [2.45, 2.75) is 65.0 Å². The van der Waals surface area contributed by atoms with Gasteiger partial charge in [0.25, 0.3) is 0 Å². The van der Waals surface area contributed by atoms with Gasteiger partial charge in [-0.05, 0) is 43.7 Å². The largest absolute Gasteiger partial charge is 0.348 e. The van der Waals surface area contributed by atoms with Gasteiger partial charge >= 0.3 is 0 Å². The van der Waals surface area contributed by atoms with Gasteiger partial charge in [-0.3, -0.25) is 4.79 Å². The number of fused-ring (bicyclic) bond motifs is 1. The maximum atomic E-state index is 14.9. The molecular formula is C21H25Cl2FN4O. The van der Waals surface area contributed by atoms with Crippen LogP contribution in [0, 0.1) is 24.1 Å². The first-order valence-corrected chi connectivity index (χ1v) is 10.9. The van der Waals surface area contributed by atoms with Gasteiger partial charge < -0.3 is 9.88 Å². The standard InChI is InChI=1S/C21H25Cl2FN4O/c1-12-26-27-16-8-5-13(11-28(12)16)20(29)25-19(21(2)9-3-4-10-21)17-15(24)7-6-14(22)18(17)23/h6-7,13,19H,3-5,8-11H2,1-2H3,(H,25,29)/t13-,19?/m0/s1. The van der Waals surface area contributed by atoms with Crippen LogP contribution in [0.4, 0.5) is 4.39 Å². The van der Waals surface area contributed by atoms with Gasteiger partial charge in [0.15, 0.2) is 0 Å². The molecule has 2 atom stereocenters. The molecule has 1 aliphatic carbocycles. The van der Waals surface area contributed by atoms with Crippen molar-refractivity contribution in [2.24, 2.45) is 11.3 Å². The molecule has 1 aromatic carbocycles. The molecule has 2 heterocycles. The van der Waals surface area contributed by atoms with Crippen molar-refractivity contribution in [3.8, 4) is 0 Å². The van der Waals surface area contributed by atoms with Gasteiger partial charge in [-0.1, -0.05) is 43.0 Å². The van der Waals surface area contributed by atoms with Crippen LogP contribution in [0.25, 0.3) is 0 Å². The molecule has 1 aromatic heterocycles. The predicted octanol–water partition coefficient (Wildman–Crippen LogP) is 5.03. The predicted molar refractivity (Wildman–Crippen MR) is 110 cm³/mol. The number of halogens is 3. The monoisotopic (exact) mass is 438 g/mol. The van der Waals surface area contributed by atoms with Crippen molar-refractivity contribution >= 4 is 29.1 Å². The normalized spacial score (nSPS) is 21.6. The van der Waals surface area contributed by atoms with E-state index in [-0.39, 0.29) is 22.3 Å². The van der Waals surface area contributed by atoms with Gasteiger partial charge in [0.05, 0.1) is 22.0 Å². The second-order valence-electron chi connectivity index (χ2n) is 8.57. The second-order valence-corrected chi connectivity index (χ2v) is 9.35. The number of benzene rings is 1. The summed E-state index contributed by atoms with van der Waals surface area (Å²) in [5, 5.41) is 11.9. The van der Waals surface area contributed by atoms with Crippen molar-refractivity contribution in [1.82, 2.24) is 20.1 Å². The molecule has 4 rings (SSSR count). The summed E-state index contributed by atoms with van der Waals surface area (Å²) in [5.74, 6) is 0.983. The Labute approximate surface area is 180 Å². The molecule has 1 N–H and O–H groups in total. The Balaban J connectivity index is 1.64. The molecule has 1 saturated carbocycles. The molecule has 29 heavy (non-hydrogen) atoms. The first-order valence-electron chi connectivity index (χ1n) is 10.1. The first kappa shape index (κ1) is 20.6. The molecule has 1 fully saturated rings. The minimum absolute atomic E-state index is 0.0858. The highest BCUT2D eigenvalue weighted by Crippen LogP contribution is 2.50. The summed E-state index contributed by atoms with van der Waals surface area (Å²) in [5.41, 5.74) is 0.0332. The SMILES string of the molecule is Cc1nnc2n1C[C@@H](C(=O)NC(c1c(F)ccc(Cl)c1Cl)C1(C)CCCC1)CC2. The number of hydrogen-bond donors (Lipinski definition) is 1. The number of nitrogens with one attached hydrogen (secondary N) is 1. The summed E-state index contributed by atoms with van der Waals surface area (Å²) >= 11 is 12.6. The van der Waals surface area contributed by atoms with E-state index in [4.69, 9.17) is 23.2 Å². The molecule has 1 aliphatic heterocycles. The van der Waals surface area contributed by atoms with Crippen molar-refractivity contribution < 1.29 is 9.18 Å². The van der Waals surface area contributed by atoms with Crippen molar-refractivity contribution in [2.75, 3.05) is 0 Å². The fourth-order valence-electron chi connectivity index (χ4n) is 4.81. The fraction of sp³-hybridized carbons (Fsp3) is 0.571. The van der Waals surface area contributed by atoms with E-state index >= 15 is 0 Å². The smallest absolute Gasteiger partial charge is 0.225 e. The van der Waals surface area contributed by atoms with Gasteiger partial charge in [0, 0.05) is 18.5 Å². The van der Waals surface area contributed by atoms with Gasteiger partial charge in [0.1, 0.15) is 17.5 Å². The molecule has 1 unspecified atom stereocenters. The highest BCUT2D eigenvalue weighted by atomic mass is 35.5. The first-order chi connectivity index (χ1) is 13.8. The number of amides is 1. The zero-order valence-corrected chi connectivity index (χ0v) is 18.2. The highest BCUT2D eigenvalue weighted by molar-refractivity contribution is 6.42. The average molecular weight is 439 g/mol. The van der Waals surface area contributed by atoms with Crippen molar-refractivity contribution in [1.29, 1.82) is 0 Å². The van der Waals surface area contributed by atoms with Crippen LogP contribution in [0.2, 0.25) is 10.0 Å². The summed E-state index contributed by atoms with van der Waals surface area (Å²) in [7, 11) is 0. The van der Waals surface area contributed by atoms with Crippen LogP contribution >= 0.6 is 23.2 Å². The third-order valence-electron chi connectivity index (χ3n) is 6.60. The van der Waals surface area contributed by atoms with Crippen LogP contribution < -0.4 is 5.32 Å². The molecule has 0 bridgehead atoms. The van der Waals surface area contributed by atoms with Crippen LogP contribution in [0.5, 0.6) is 0 Å². The molecule has 2 aliphatic rings. The average Bonchev–Trinajstić information content (AvgIpc) is 3.30. The van der Waals surface area contributed by atoms with Crippen molar-refractivity contribution in [3.63, 3.8) is 0 Å². The zero-order chi connectivity index (χ0) is 20.8.